The highest BCUT2D eigenvalue weighted by atomic mass is 16.5. The van der Waals surface area contributed by atoms with Gasteiger partial charge < -0.3 is 14.5 Å². The topological polar surface area (TPSA) is 60.2 Å². The van der Waals surface area contributed by atoms with Crippen LogP contribution in [-0.2, 0) is 17.7 Å². The van der Waals surface area contributed by atoms with E-state index < -0.39 is 0 Å². The van der Waals surface area contributed by atoms with Crippen molar-refractivity contribution in [1.29, 1.82) is 0 Å². The first-order valence-corrected chi connectivity index (χ1v) is 6.01. The molecule has 0 saturated heterocycles. The lowest BCUT2D eigenvalue weighted by Crippen LogP contribution is -2.15. The van der Waals surface area contributed by atoms with Crippen LogP contribution >= 0.6 is 0 Å². The second-order valence-electron chi connectivity index (χ2n) is 4.05. The molecule has 1 saturated carbocycles. The van der Waals surface area contributed by atoms with E-state index in [4.69, 9.17) is 9.15 Å². The number of aromatic nitrogens is 2. The minimum Gasteiger partial charge on any atom is -0.424 e. The molecule has 5 heteroatoms. The highest BCUT2D eigenvalue weighted by Crippen LogP contribution is 2.19. The number of ether oxygens (including phenoxy) is 1. The number of rotatable bonds is 8. The van der Waals surface area contributed by atoms with Gasteiger partial charge in [0, 0.05) is 25.7 Å². The summed E-state index contributed by atoms with van der Waals surface area (Å²) < 4.78 is 10.7. The standard InChI is InChI=1S/C11H19N3O2/c1-2-15-7-3-4-10-13-14-11(16-10)8-12-9-5-6-9/h9,12H,2-8H2,1H3. The van der Waals surface area contributed by atoms with Crippen LogP contribution < -0.4 is 5.32 Å². The molecular formula is C11H19N3O2. The first kappa shape index (κ1) is 11.5. The van der Waals surface area contributed by atoms with Gasteiger partial charge in [0.2, 0.25) is 11.8 Å². The van der Waals surface area contributed by atoms with Crippen LogP contribution in [0, 0.1) is 0 Å². The summed E-state index contributed by atoms with van der Waals surface area (Å²) >= 11 is 0. The lowest BCUT2D eigenvalue weighted by atomic mass is 10.3. The molecule has 0 atom stereocenters. The molecule has 1 aromatic rings. The zero-order chi connectivity index (χ0) is 11.2. The van der Waals surface area contributed by atoms with Crippen molar-refractivity contribution in [1.82, 2.24) is 15.5 Å². The average Bonchev–Trinajstić information content (AvgIpc) is 3.02. The number of hydrogen-bond acceptors (Lipinski definition) is 5. The van der Waals surface area contributed by atoms with Gasteiger partial charge in [-0.3, -0.25) is 0 Å². The van der Waals surface area contributed by atoms with Crippen LogP contribution in [0.15, 0.2) is 4.42 Å². The molecule has 1 fully saturated rings. The summed E-state index contributed by atoms with van der Waals surface area (Å²) in [6, 6.07) is 0.674. The Bertz CT molecular complexity index is 310. The molecule has 1 aromatic heterocycles. The molecule has 0 aromatic carbocycles. The molecule has 0 radical (unpaired) electrons. The van der Waals surface area contributed by atoms with E-state index in [9.17, 15) is 0 Å². The molecule has 0 aliphatic heterocycles. The first-order chi connectivity index (χ1) is 7.88. The van der Waals surface area contributed by atoms with Gasteiger partial charge >= 0.3 is 0 Å². The lowest BCUT2D eigenvalue weighted by Gasteiger charge is -1.98. The van der Waals surface area contributed by atoms with Crippen molar-refractivity contribution in [2.45, 2.75) is 45.2 Å². The van der Waals surface area contributed by atoms with Crippen molar-refractivity contribution in [2.75, 3.05) is 13.2 Å². The summed E-state index contributed by atoms with van der Waals surface area (Å²) in [5.41, 5.74) is 0. The molecule has 1 aliphatic rings. The maximum Gasteiger partial charge on any atom is 0.230 e. The van der Waals surface area contributed by atoms with Crippen LogP contribution in [0.4, 0.5) is 0 Å². The van der Waals surface area contributed by atoms with Gasteiger partial charge in [0.05, 0.1) is 6.54 Å². The maximum atomic E-state index is 5.50. The summed E-state index contributed by atoms with van der Waals surface area (Å²) in [6.07, 6.45) is 4.28. The fraction of sp³-hybridized carbons (Fsp3) is 0.818. The molecule has 5 nitrogen and oxygen atoms in total. The normalized spacial score (nSPS) is 15.6. The minimum absolute atomic E-state index is 0.674. The fourth-order valence-corrected chi connectivity index (χ4v) is 1.45. The van der Waals surface area contributed by atoms with Gasteiger partial charge in [-0.1, -0.05) is 0 Å². The Labute approximate surface area is 95.6 Å². The predicted octanol–water partition coefficient (Wildman–Crippen LogP) is 1.29. The van der Waals surface area contributed by atoms with Gasteiger partial charge in [0.25, 0.3) is 0 Å². The first-order valence-electron chi connectivity index (χ1n) is 6.01. The molecule has 0 bridgehead atoms. The molecule has 0 amide bonds. The average molecular weight is 225 g/mol. The van der Waals surface area contributed by atoms with Gasteiger partial charge in [-0.25, -0.2) is 0 Å². The Morgan fingerprint density at radius 1 is 1.38 bits per heavy atom. The second-order valence-corrected chi connectivity index (χ2v) is 4.05. The summed E-state index contributed by atoms with van der Waals surface area (Å²) in [4.78, 5) is 0. The summed E-state index contributed by atoms with van der Waals surface area (Å²) in [5.74, 6) is 1.41. The second kappa shape index (κ2) is 5.96. The molecule has 0 unspecified atom stereocenters. The van der Waals surface area contributed by atoms with E-state index in [2.05, 4.69) is 15.5 Å². The Kier molecular flexibility index (Phi) is 4.30. The summed E-state index contributed by atoms with van der Waals surface area (Å²) in [5, 5.41) is 11.3. The monoisotopic (exact) mass is 225 g/mol. The van der Waals surface area contributed by atoms with Crippen LogP contribution in [-0.4, -0.2) is 29.5 Å². The number of nitrogens with one attached hydrogen (secondary N) is 1. The SMILES string of the molecule is CCOCCCc1nnc(CNC2CC2)o1. The van der Waals surface area contributed by atoms with E-state index in [1.54, 1.807) is 0 Å². The van der Waals surface area contributed by atoms with Crippen LogP contribution in [0.2, 0.25) is 0 Å². The quantitative estimate of drug-likeness (QED) is 0.675. The van der Waals surface area contributed by atoms with Crippen molar-refractivity contribution in [3.05, 3.63) is 11.8 Å². The van der Waals surface area contributed by atoms with Crippen molar-refractivity contribution in [3.8, 4) is 0 Å². The van der Waals surface area contributed by atoms with E-state index in [0.29, 0.717) is 24.4 Å². The summed E-state index contributed by atoms with van der Waals surface area (Å²) in [6.45, 7) is 4.21. The van der Waals surface area contributed by atoms with E-state index in [1.165, 1.54) is 12.8 Å². The Morgan fingerprint density at radius 2 is 2.19 bits per heavy atom. The molecule has 1 aliphatic carbocycles. The molecular weight excluding hydrogens is 206 g/mol. The number of nitrogens with zero attached hydrogens (tertiary/aromatic N) is 2. The van der Waals surface area contributed by atoms with Gasteiger partial charge in [-0.05, 0) is 26.2 Å². The van der Waals surface area contributed by atoms with E-state index in [1.807, 2.05) is 6.92 Å². The Hall–Kier alpha value is -0.940. The zero-order valence-electron chi connectivity index (χ0n) is 9.74. The number of aryl methyl sites for hydroxylation is 1. The van der Waals surface area contributed by atoms with E-state index >= 15 is 0 Å². The Morgan fingerprint density at radius 3 is 2.94 bits per heavy atom. The predicted molar refractivity (Wildman–Crippen MR) is 59.0 cm³/mol. The van der Waals surface area contributed by atoms with Crippen molar-refractivity contribution >= 4 is 0 Å². The third-order valence-corrected chi connectivity index (χ3v) is 2.51. The molecule has 90 valence electrons. The molecule has 0 spiro atoms. The highest BCUT2D eigenvalue weighted by molar-refractivity contribution is 4.86. The van der Waals surface area contributed by atoms with Crippen LogP contribution in [0.5, 0.6) is 0 Å². The van der Waals surface area contributed by atoms with E-state index in [0.717, 1.165) is 26.1 Å². The minimum atomic E-state index is 0.674. The smallest absolute Gasteiger partial charge is 0.230 e. The van der Waals surface area contributed by atoms with Crippen molar-refractivity contribution < 1.29 is 9.15 Å². The lowest BCUT2D eigenvalue weighted by molar-refractivity contribution is 0.143. The molecule has 1 N–H and O–H groups in total. The fourth-order valence-electron chi connectivity index (χ4n) is 1.45. The van der Waals surface area contributed by atoms with Crippen LogP contribution in [0.3, 0.4) is 0 Å². The maximum absolute atomic E-state index is 5.50. The third-order valence-electron chi connectivity index (χ3n) is 2.51. The van der Waals surface area contributed by atoms with Gasteiger partial charge in [-0.2, -0.15) is 0 Å². The molecule has 16 heavy (non-hydrogen) atoms. The zero-order valence-corrected chi connectivity index (χ0v) is 9.74. The van der Waals surface area contributed by atoms with Gasteiger partial charge in [0.15, 0.2) is 0 Å². The van der Waals surface area contributed by atoms with Crippen molar-refractivity contribution in [2.24, 2.45) is 0 Å². The third kappa shape index (κ3) is 3.90. The van der Waals surface area contributed by atoms with E-state index in [-0.39, 0.29) is 0 Å². The molecule has 1 heterocycles. The number of hydrogen-bond donors (Lipinski definition) is 1. The van der Waals surface area contributed by atoms with Gasteiger partial charge in [0.1, 0.15) is 0 Å². The summed E-state index contributed by atoms with van der Waals surface area (Å²) in [7, 11) is 0. The van der Waals surface area contributed by atoms with Crippen LogP contribution in [0.25, 0.3) is 0 Å². The highest BCUT2D eigenvalue weighted by Gasteiger charge is 2.21. The largest absolute Gasteiger partial charge is 0.424 e. The van der Waals surface area contributed by atoms with Crippen LogP contribution in [0.1, 0.15) is 38.0 Å². The van der Waals surface area contributed by atoms with Crippen molar-refractivity contribution in [3.63, 3.8) is 0 Å². The van der Waals surface area contributed by atoms with Gasteiger partial charge in [-0.15, -0.1) is 10.2 Å². The Balaban J connectivity index is 1.64. The molecule has 2 rings (SSSR count).